The van der Waals surface area contributed by atoms with E-state index in [1.807, 2.05) is 5.38 Å². The Bertz CT molecular complexity index is 789. The van der Waals surface area contributed by atoms with E-state index in [4.69, 9.17) is 0 Å². The van der Waals surface area contributed by atoms with Gasteiger partial charge in [0.15, 0.2) is 5.13 Å². The van der Waals surface area contributed by atoms with E-state index in [9.17, 15) is 14.0 Å². The van der Waals surface area contributed by atoms with Crippen LogP contribution in [-0.4, -0.2) is 29.9 Å². The average Bonchev–Trinajstić information content (AvgIpc) is 3.20. The Kier molecular flexibility index (Phi) is 3.19. The lowest BCUT2D eigenvalue weighted by molar-refractivity contribution is -0.127. The molecule has 2 aliphatic rings. The molecule has 2 fully saturated rings. The monoisotopic (exact) mass is 331 g/mol. The van der Waals surface area contributed by atoms with Gasteiger partial charge in [-0.05, 0) is 30.7 Å². The number of carbonyl (C=O) groups excluding carboxylic acids is 2. The topological polar surface area (TPSA) is 62.3 Å². The van der Waals surface area contributed by atoms with Crippen LogP contribution in [0.2, 0.25) is 0 Å². The van der Waals surface area contributed by atoms with Crippen molar-refractivity contribution in [2.24, 2.45) is 5.41 Å². The minimum atomic E-state index is -0.598. The van der Waals surface area contributed by atoms with Crippen molar-refractivity contribution in [2.75, 3.05) is 18.0 Å². The number of hydrogen-bond acceptors (Lipinski definition) is 5. The molecule has 23 heavy (non-hydrogen) atoms. The summed E-state index contributed by atoms with van der Waals surface area (Å²) in [7, 11) is 0. The number of anilines is 1. The summed E-state index contributed by atoms with van der Waals surface area (Å²) in [5.74, 6) is -0.633. The van der Waals surface area contributed by atoms with Gasteiger partial charge in [0.05, 0.1) is 11.1 Å². The molecule has 1 spiro atoms. The van der Waals surface area contributed by atoms with Crippen molar-refractivity contribution in [3.8, 4) is 11.3 Å². The summed E-state index contributed by atoms with van der Waals surface area (Å²) >= 11 is 1.49. The normalized spacial score (nSPS) is 23.8. The van der Waals surface area contributed by atoms with Crippen LogP contribution in [0.5, 0.6) is 0 Å². The van der Waals surface area contributed by atoms with Crippen LogP contribution in [0.1, 0.15) is 12.8 Å². The number of aromatic nitrogens is 1. The van der Waals surface area contributed by atoms with Gasteiger partial charge >= 0.3 is 0 Å². The molecule has 118 valence electrons. The van der Waals surface area contributed by atoms with Crippen molar-refractivity contribution in [1.29, 1.82) is 0 Å². The summed E-state index contributed by atoms with van der Waals surface area (Å²) in [4.78, 5) is 30.2. The lowest BCUT2D eigenvalue weighted by atomic mass is 9.85. The Balaban J connectivity index is 1.55. The predicted octanol–water partition coefficient (Wildman–Crippen LogP) is 2.19. The lowest BCUT2D eigenvalue weighted by Gasteiger charge is -2.19. The fourth-order valence-corrected chi connectivity index (χ4v) is 4.08. The molecule has 5 nitrogen and oxygen atoms in total. The summed E-state index contributed by atoms with van der Waals surface area (Å²) < 4.78 is 13.0. The van der Waals surface area contributed by atoms with E-state index in [1.165, 1.54) is 23.5 Å². The van der Waals surface area contributed by atoms with E-state index in [1.54, 1.807) is 12.1 Å². The van der Waals surface area contributed by atoms with Gasteiger partial charge in [0.1, 0.15) is 5.82 Å². The molecule has 7 heteroatoms. The third-order valence-corrected chi connectivity index (χ3v) is 5.39. The van der Waals surface area contributed by atoms with Crippen LogP contribution in [0.15, 0.2) is 29.6 Å². The van der Waals surface area contributed by atoms with Crippen LogP contribution < -0.4 is 10.2 Å². The van der Waals surface area contributed by atoms with E-state index in [0.29, 0.717) is 19.5 Å². The summed E-state index contributed by atoms with van der Waals surface area (Å²) in [6, 6.07) is 6.22. The molecule has 3 heterocycles. The molecular formula is C16H14FN3O2S. The predicted molar refractivity (Wildman–Crippen MR) is 84.5 cm³/mol. The first-order valence-corrected chi connectivity index (χ1v) is 8.24. The molecule has 1 aromatic carbocycles. The maximum atomic E-state index is 13.0. The Morgan fingerprint density at radius 2 is 2.04 bits per heavy atom. The SMILES string of the molecule is O=C1CC2(CCN(c3nc(-c4ccc(F)cc4)cs3)C2)C(=O)N1. The highest BCUT2D eigenvalue weighted by molar-refractivity contribution is 7.14. The van der Waals surface area contributed by atoms with Gasteiger partial charge in [-0.3, -0.25) is 14.9 Å². The highest BCUT2D eigenvalue weighted by atomic mass is 32.1. The van der Waals surface area contributed by atoms with Gasteiger partial charge in [0, 0.05) is 30.5 Å². The Hall–Kier alpha value is -2.28. The summed E-state index contributed by atoms with van der Waals surface area (Å²) in [6.45, 7) is 1.22. The number of carbonyl (C=O) groups is 2. The number of nitrogens with one attached hydrogen (secondary N) is 1. The number of imide groups is 1. The average molecular weight is 331 g/mol. The second-order valence-corrected chi connectivity index (χ2v) is 6.86. The quantitative estimate of drug-likeness (QED) is 0.857. The van der Waals surface area contributed by atoms with Crippen molar-refractivity contribution < 1.29 is 14.0 Å². The van der Waals surface area contributed by atoms with Gasteiger partial charge in [-0.2, -0.15) is 0 Å². The first kappa shape index (κ1) is 14.3. The lowest BCUT2D eigenvalue weighted by Crippen LogP contribution is -2.34. The standard InChI is InChI=1S/C16H14FN3O2S/c17-11-3-1-10(2-4-11)12-8-23-15(18-12)20-6-5-16(9-20)7-13(21)19-14(16)22/h1-4,8H,5-7,9H2,(H,19,21,22). The van der Waals surface area contributed by atoms with Crippen molar-refractivity contribution in [3.63, 3.8) is 0 Å². The molecular weight excluding hydrogens is 317 g/mol. The van der Waals surface area contributed by atoms with Crippen molar-refractivity contribution in [2.45, 2.75) is 12.8 Å². The highest BCUT2D eigenvalue weighted by Crippen LogP contribution is 2.40. The number of thiazole rings is 1. The molecule has 0 bridgehead atoms. The molecule has 2 aromatic rings. The first-order valence-electron chi connectivity index (χ1n) is 7.36. The van der Waals surface area contributed by atoms with Crippen molar-refractivity contribution in [1.82, 2.24) is 10.3 Å². The van der Waals surface area contributed by atoms with Crippen LogP contribution in [0.25, 0.3) is 11.3 Å². The maximum Gasteiger partial charge on any atom is 0.235 e. The molecule has 2 saturated heterocycles. The van der Waals surface area contributed by atoms with E-state index >= 15 is 0 Å². The maximum absolute atomic E-state index is 13.0. The molecule has 1 N–H and O–H groups in total. The van der Waals surface area contributed by atoms with Crippen LogP contribution >= 0.6 is 11.3 Å². The zero-order valence-corrected chi connectivity index (χ0v) is 13.0. The first-order chi connectivity index (χ1) is 11.1. The molecule has 1 atom stereocenters. The number of amides is 2. The minimum Gasteiger partial charge on any atom is -0.347 e. The Labute approximate surface area is 136 Å². The molecule has 4 rings (SSSR count). The molecule has 1 aromatic heterocycles. The fraction of sp³-hybridized carbons (Fsp3) is 0.312. The molecule has 0 saturated carbocycles. The van der Waals surface area contributed by atoms with Gasteiger partial charge in [-0.25, -0.2) is 9.37 Å². The third kappa shape index (κ3) is 2.41. The van der Waals surface area contributed by atoms with Crippen LogP contribution in [0.3, 0.4) is 0 Å². The Morgan fingerprint density at radius 1 is 1.26 bits per heavy atom. The number of hydrogen-bond donors (Lipinski definition) is 1. The molecule has 0 radical (unpaired) electrons. The number of rotatable bonds is 2. The summed E-state index contributed by atoms with van der Waals surface area (Å²) in [5, 5.41) is 5.15. The second kappa shape index (κ2) is 5.13. The van der Waals surface area contributed by atoms with Gasteiger partial charge in [0.2, 0.25) is 11.8 Å². The van der Waals surface area contributed by atoms with Gasteiger partial charge < -0.3 is 4.90 Å². The largest absolute Gasteiger partial charge is 0.347 e. The van der Waals surface area contributed by atoms with Crippen LogP contribution in [0, 0.1) is 11.2 Å². The zero-order chi connectivity index (χ0) is 16.0. The van der Waals surface area contributed by atoms with Crippen molar-refractivity contribution >= 4 is 28.3 Å². The minimum absolute atomic E-state index is 0.166. The van der Waals surface area contributed by atoms with Gasteiger partial charge in [0.25, 0.3) is 0 Å². The summed E-state index contributed by atoms with van der Waals surface area (Å²) in [6.07, 6.45) is 0.925. The van der Waals surface area contributed by atoms with E-state index in [2.05, 4.69) is 15.2 Å². The van der Waals surface area contributed by atoms with Gasteiger partial charge in [-0.1, -0.05) is 0 Å². The summed E-state index contributed by atoms with van der Waals surface area (Å²) in [5.41, 5.74) is 1.05. The van der Waals surface area contributed by atoms with Gasteiger partial charge in [-0.15, -0.1) is 11.3 Å². The fourth-order valence-electron chi connectivity index (χ4n) is 3.22. The number of nitrogens with zero attached hydrogens (tertiary/aromatic N) is 2. The number of benzene rings is 1. The zero-order valence-electron chi connectivity index (χ0n) is 12.2. The van der Waals surface area contributed by atoms with E-state index < -0.39 is 5.41 Å². The molecule has 1 unspecified atom stereocenters. The second-order valence-electron chi connectivity index (χ2n) is 6.03. The molecule has 2 amide bonds. The smallest absolute Gasteiger partial charge is 0.235 e. The molecule has 2 aliphatic heterocycles. The number of halogens is 1. The van der Waals surface area contributed by atoms with Crippen LogP contribution in [-0.2, 0) is 9.59 Å². The molecule has 0 aliphatic carbocycles. The van der Waals surface area contributed by atoms with Crippen LogP contribution in [0.4, 0.5) is 9.52 Å². The van der Waals surface area contributed by atoms with E-state index in [0.717, 1.165) is 16.4 Å². The van der Waals surface area contributed by atoms with Crippen molar-refractivity contribution in [3.05, 3.63) is 35.5 Å². The highest BCUT2D eigenvalue weighted by Gasteiger charge is 2.51. The third-order valence-electron chi connectivity index (χ3n) is 4.49. The van der Waals surface area contributed by atoms with E-state index in [-0.39, 0.29) is 24.1 Å². The Morgan fingerprint density at radius 3 is 2.74 bits per heavy atom.